The molecule has 1 amide bonds. The van der Waals surface area contributed by atoms with Crippen LogP contribution in [0.25, 0.3) is 11.2 Å². The number of nitrogens with one attached hydrogen (secondary N) is 2. The van der Waals surface area contributed by atoms with Crippen LogP contribution in [0.1, 0.15) is 30.4 Å². The standard InChI is InChI=1S/C29H32F3N7O4/c1-41-21-14-20(15-22(42-2)25(21)43-3)35-28-36-26(33-11-5-13-38-12-4-6-23(38)40)24-27(37-28)39(17-34-24)16-18-7-9-19(10-8-18)29(30,31)32/h7-10,14-15,17H,4-6,11-13,16H2,1-3H3,(H2,33,35,36,37). The molecule has 1 aliphatic rings. The van der Waals surface area contributed by atoms with Crippen LogP contribution in [0.3, 0.4) is 0 Å². The third-order valence-corrected chi connectivity index (χ3v) is 7.09. The lowest BCUT2D eigenvalue weighted by Crippen LogP contribution is -2.27. The maximum absolute atomic E-state index is 13.1. The van der Waals surface area contributed by atoms with Gasteiger partial charge >= 0.3 is 6.18 Å². The van der Waals surface area contributed by atoms with Crippen LogP contribution in [0.2, 0.25) is 0 Å². The number of ether oxygens (including phenoxy) is 3. The normalized spacial score (nSPS) is 13.4. The minimum atomic E-state index is -4.41. The molecule has 14 heteroatoms. The van der Waals surface area contributed by atoms with Gasteiger partial charge in [-0.2, -0.15) is 23.1 Å². The first kappa shape index (κ1) is 29.7. The summed E-state index contributed by atoms with van der Waals surface area (Å²) in [6, 6.07) is 8.41. The van der Waals surface area contributed by atoms with Crippen molar-refractivity contribution in [3.05, 3.63) is 53.9 Å². The van der Waals surface area contributed by atoms with Gasteiger partial charge in [-0.3, -0.25) is 4.79 Å². The van der Waals surface area contributed by atoms with E-state index in [2.05, 4.69) is 20.6 Å². The Morgan fingerprint density at radius 1 is 1.00 bits per heavy atom. The van der Waals surface area contributed by atoms with Crippen LogP contribution in [-0.2, 0) is 17.5 Å². The second-order valence-electron chi connectivity index (χ2n) is 9.94. The molecule has 2 aromatic carbocycles. The Morgan fingerprint density at radius 3 is 2.33 bits per heavy atom. The number of imidazole rings is 1. The summed E-state index contributed by atoms with van der Waals surface area (Å²) in [5.41, 5.74) is 1.48. The number of rotatable bonds is 12. The molecule has 43 heavy (non-hydrogen) atoms. The fourth-order valence-electron chi connectivity index (χ4n) is 4.93. The van der Waals surface area contributed by atoms with Gasteiger partial charge in [-0.15, -0.1) is 0 Å². The first-order chi connectivity index (χ1) is 20.7. The van der Waals surface area contributed by atoms with Crippen LogP contribution in [0.15, 0.2) is 42.7 Å². The number of aromatic nitrogens is 4. The van der Waals surface area contributed by atoms with E-state index in [9.17, 15) is 18.0 Å². The highest BCUT2D eigenvalue weighted by Gasteiger charge is 2.30. The number of nitrogens with zero attached hydrogens (tertiary/aromatic N) is 5. The van der Waals surface area contributed by atoms with E-state index in [1.165, 1.54) is 33.5 Å². The number of carbonyl (C=O) groups excluding carboxylic acids is 1. The highest BCUT2D eigenvalue weighted by Crippen LogP contribution is 2.40. The van der Waals surface area contributed by atoms with Crippen molar-refractivity contribution in [3.8, 4) is 17.2 Å². The van der Waals surface area contributed by atoms with Gasteiger partial charge in [-0.1, -0.05) is 12.1 Å². The van der Waals surface area contributed by atoms with E-state index < -0.39 is 11.7 Å². The summed E-state index contributed by atoms with van der Waals surface area (Å²) >= 11 is 0. The number of carbonyl (C=O) groups is 1. The molecule has 0 atom stereocenters. The van der Waals surface area contributed by atoms with Crippen molar-refractivity contribution in [1.82, 2.24) is 24.4 Å². The fraction of sp³-hybridized carbons (Fsp3) is 0.379. The highest BCUT2D eigenvalue weighted by atomic mass is 19.4. The van der Waals surface area contributed by atoms with Gasteiger partial charge in [0.2, 0.25) is 17.6 Å². The van der Waals surface area contributed by atoms with Gasteiger partial charge in [0, 0.05) is 43.9 Å². The smallest absolute Gasteiger partial charge is 0.416 e. The summed E-state index contributed by atoms with van der Waals surface area (Å²) in [6.07, 6.45) is -0.658. The van der Waals surface area contributed by atoms with Gasteiger partial charge < -0.3 is 34.3 Å². The molecule has 1 fully saturated rings. The summed E-state index contributed by atoms with van der Waals surface area (Å²) in [7, 11) is 4.54. The van der Waals surface area contributed by atoms with E-state index in [4.69, 9.17) is 19.2 Å². The van der Waals surface area contributed by atoms with Crippen molar-refractivity contribution in [2.45, 2.75) is 32.0 Å². The zero-order valence-electron chi connectivity index (χ0n) is 24.0. The van der Waals surface area contributed by atoms with E-state index in [0.717, 1.165) is 25.1 Å². The molecule has 11 nitrogen and oxygen atoms in total. The minimum absolute atomic E-state index is 0.170. The number of likely N-dealkylation sites (tertiary alicyclic amines) is 1. The van der Waals surface area contributed by atoms with Crippen LogP contribution in [0.5, 0.6) is 17.2 Å². The third-order valence-electron chi connectivity index (χ3n) is 7.09. The largest absolute Gasteiger partial charge is 0.493 e. The molecule has 228 valence electrons. The van der Waals surface area contributed by atoms with E-state index in [1.54, 1.807) is 23.0 Å². The fourth-order valence-corrected chi connectivity index (χ4v) is 4.93. The summed E-state index contributed by atoms with van der Waals surface area (Å²) in [5, 5.41) is 6.50. The maximum atomic E-state index is 13.1. The summed E-state index contributed by atoms with van der Waals surface area (Å²) in [4.78, 5) is 27.7. The predicted octanol–water partition coefficient (Wildman–Crippen LogP) is 5.09. The molecule has 0 radical (unpaired) electrons. The average molecular weight is 600 g/mol. The molecule has 2 aromatic heterocycles. The lowest BCUT2D eigenvalue weighted by atomic mass is 10.1. The molecule has 1 aliphatic heterocycles. The van der Waals surface area contributed by atoms with Gasteiger partial charge in [-0.25, -0.2) is 4.98 Å². The monoisotopic (exact) mass is 599 g/mol. The molecular weight excluding hydrogens is 567 g/mol. The topological polar surface area (TPSA) is 116 Å². The number of alkyl halides is 3. The lowest BCUT2D eigenvalue weighted by Gasteiger charge is -2.16. The first-order valence-corrected chi connectivity index (χ1v) is 13.7. The van der Waals surface area contributed by atoms with Gasteiger partial charge in [0.25, 0.3) is 0 Å². The third kappa shape index (κ3) is 6.68. The van der Waals surface area contributed by atoms with Crippen molar-refractivity contribution in [1.29, 1.82) is 0 Å². The molecule has 5 rings (SSSR count). The molecule has 0 saturated carbocycles. The summed E-state index contributed by atoms with van der Waals surface area (Å²) in [6.45, 7) is 2.18. The van der Waals surface area contributed by atoms with Crippen LogP contribution in [0.4, 0.5) is 30.6 Å². The van der Waals surface area contributed by atoms with Crippen molar-refractivity contribution in [3.63, 3.8) is 0 Å². The van der Waals surface area contributed by atoms with Crippen LogP contribution < -0.4 is 24.8 Å². The Labute approximate surface area is 246 Å². The molecule has 0 unspecified atom stereocenters. The molecule has 0 bridgehead atoms. The van der Waals surface area contributed by atoms with E-state index in [-0.39, 0.29) is 18.4 Å². The van der Waals surface area contributed by atoms with Crippen molar-refractivity contribution in [2.24, 2.45) is 0 Å². The number of anilines is 3. The highest BCUT2D eigenvalue weighted by molar-refractivity contribution is 5.85. The summed E-state index contributed by atoms with van der Waals surface area (Å²) in [5.74, 6) is 2.19. The minimum Gasteiger partial charge on any atom is -0.493 e. The molecule has 0 spiro atoms. The van der Waals surface area contributed by atoms with Crippen molar-refractivity contribution in [2.75, 3.05) is 51.6 Å². The van der Waals surface area contributed by atoms with E-state index in [1.807, 2.05) is 4.90 Å². The Balaban J connectivity index is 1.44. The summed E-state index contributed by atoms with van der Waals surface area (Å²) < 4.78 is 57.2. The van der Waals surface area contributed by atoms with Crippen molar-refractivity contribution < 1.29 is 32.2 Å². The number of fused-ring (bicyclic) bond motifs is 1. The Kier molecular flexibility index (Phi) is 8.73. The second kappa shape index (κ2) is 12.6. The number of hydrogen-bond acceptors (Lipinski definition) is 9. The Hall–Kier alpha value is -4.75. The van der Waals surface area contributed by atoms with Crippen LogP contribution in [-0.4, -0.2) is 71.3 Å². The van der Waals surface area contributed by atoms with Crippen molar-refractivity contribution >= 4 is 34.5 Å². The Morgan fingerprint density at radius 2 is 1.72 bits per heavy atom. The average Bonchev–Trinajstić information content (AvgIpc) is 3.59. The van der Waals surface area contributed by atoms with Crippen LogP contribution >= 0.6 is 0 Å². The van der Waals surface area contributed by atoms with E-state index >= 15 is 0 Å². The molecule has 0 aliphatic carbocycles. The SMILES string of the molecule is COc1cc(Nc2nc(NCCCN3CCCC3=O)c3ncn(Cc4ccc(C(F)(F)F)cc4)c3n2)cc(OC)c1OC. The number of hydrogen-bond donors (Lipinski definition) is 2. The molecule has 4 aromatic rings. The zero-order chi connectivity index (χ0) is 30.6. The van der Waals surface area contributed by atoms with Gasteiger partial charge in [0.05, 0.1) is 39.8 Å². The number of benzene rings is 2. The molecule has 1 saturated heterocycles. The second-order valence-corrected chi connectivity index (χ2v) is 9.94. The Bertz CT molecular complexity index is 1570. The lowest BCUT2D eigenvalue weighted by molar-refractivity contribution is -0.137. The van der Waals surface area contributed by atoms with Gasteiger partial charge in [0.15, 0.2) is 28.5 Å². The maximum Gasteiger partial charge on any atom is 0.416 e. The number of halogens is 3. The number of methoxy groups -OCH3 is 3. The quantitative estimate of drug-likeness (QED) is 0.215. The zero-order valence-corrected chi connectivity index (χ0v) is 24.0. The number of amides is 1. The molecule has 3 heterocycles. The molecule has 2 N–H and O–H groups in total. The first-order valence-electron chi connectivity index (χ1n) is 13.7. The van der Waals surface area contributed by atoms with Crippen LogP contribution in [0, 0.1) is 0 Å². The van der Waals surface area contributed by atoms with Gasteiger partial charge in [0.1, 0.15) is 0 Å². The van der Waals surface area contributed by atoms with Gasteiger partial charge in [-0.05, 0) is 30.5 Å². The predicted molar refractivity (Wildman–Crippen MR) is 154 cm³/mol. The molecular formula is C29H32F3N7O4. The van der Waals surface area contributed by atoms with E-state index in [0.29, 0.717) is 71.4 Å².